The molecule has 0 unspecified atom stereocenters. The van der Waals surface area contributed by atoms with Gasteiger partial charge >= 0.3 is 0 Å². The molecule has 1 aromatic carbocycles. The van der Waals surface area contributed by atoms with Crippen LogP contribution in [0.3, 0.4) is 0 Å². The number of nitrogens with zero attached hydrogens (tertiary/aromatic N) is 1. The highest BCUT2D eigenvalue weighted by molar-refractivity contribution is 5.81. The first-order chi connectivity index (χ1) is 10.8. The standard InChI is InChI=1S/C17H25N3O2/c21-17(16-2-1-7-18-16)19-12-14-3-5-15(6-4-14)13-20-8-10-22-11-9-20/h3-6,16,18H,1-2,7-13H2,(H,19,21)/t16-/m0/s1. The number of rotatable bonds is 5. The molecule has 2 saturated heterocycles. The summed E-state index contributed by atoms with van der Waals surface area (Å²) in [4.78, 5) is 14.4. The van der Waals surface area contributed by atoms with Gasteiger partial charge in [0.2, 0.25) is 5.91 Å². The fraction of sp³-hybridized carbons (Fsp3) is 0.588. The summed E-state index contributed by atoms with van der Waals surface area (Å²) < 4.78 is 5.37. The molecule has 2 N–H and O–H groups in total. The Morgan fingerprint density at radius 1 is 1.23 bits per heavy atom. The zero-order valence-corrected chi connectivity index (χ0v) is 13.0. The third-order valence-electron chi connectivity index (χ3n) is 4.38. The fourth-order valence-corrected chi connectivity index (χ4v) is 3.00. The van der Waals surface area contributed by atoms with Crippen molar-refractivity contribution >= 4 is 5.91 Å². The van der Waals surface area contributed by atoms with E-state index in [2.05, 4.69) is 39.8 Å². The Morgan fingerprint density at radius 3 is 2.64 bits per heavy atom. The molecule has 2 fully saturated rings. The molecule has 3 rings (SSSR count). The highest BCUT2D eigenvalue weighted by Gasteiger charge is 2.21. The van der Waals surface area contributed by atoms with Gasteiger partial charge in [-0.3, -0.25) is 9.69 Å². The van der Waals surface area contributed by atoms with Crippen molar-refractivity contribution in [1.82, 2.24) is 15.5 Å². The Kier molecular flexibility index (Phi) is 5.43. The predicted molar refractivity (Wildman–Crippen MR) is 85.4 cm³/mol. The maximum atomic E-state index is 12.0. The van der Waals surface area contributed by atoms with Crippen molar-refractivity contribution in [3.63, 3.8) is 0 Å². The number of ether oxygens (including phenoxy) is 1. The van der Waals surface area contributed by atoms with Crippen molar-refractivity contribution in [2.75, 3.05) is 32.8 Å². The van der Waals surface area contributed by atoms with Gasteiger partial charge in [0.25, 0.3) is 0 Å². The van der Waals surface area contributed by atoms with Gasteiger partial charge in [0.05, 0.1) is 19.3 Å². The first-order valence-electron chi connectivity index (χ1n) is 8.20. The quantitative estimate of drug-likeness (QED) is 0.848. The molecule has 1 aromatic rings. The Bertz CT molecular complexity index is 477. The largest absolute Gasteiger partial charge is 0.379 e. The van der Waals surface area contributed by atoms with E-state index in [1.807, 2.05) is 0 Å². The van der Waals surface area contributed by atoms with E-state index in [1.165, 1.54) is 5.56 Å². The predicted octanol–water partition coefficient (Wildman–Crippen LogP) is 0.887. The number of nitrogens with one attached hydrogen (secondary N) is 2. The van der Waals surface area contributed by atoms with Crippen LogP contribution < -0.4 is 10.6 Å². The van der Waals surface area contributed by atoms with Gasteiger partial charge in [-0.1, -0.05) is 24.3 Å². The minimum absolute atomic E-state index is 0.000550. The summed E-state index contributed by atoms with van der Waals surface area (Å²) in [6.45, 7) is 6.21. The van der Waals surface area contributed by atoms with Crippen LogP contribution in [0.4, 0.5) is 0 Å². The maximum absolute atomic E-state index is 12.0. The van der Waals surface area contributed by atoms with Gasteiger partial charge in [-0.25, -0.2) is 0 Å². The molecule has 0 bridgehead atoms. The van der Waals surface area contributed by atoms with Crippen LogP contribution in [0.15, 0.2) is 24.3 Å². The third-order valence-corrected chi connectivity index (χ3v) is 4.38. The molecule has 0 spiro atoms. The Balaban J connectivity index is 1.45. The third kappa shape index (κ3) is 4.29. The van der Waals surface area contributed by atoms with Crippen LogP contribution in [0.2, 0.25) is 0 Å². The van der Waals surface area contributed by atoms with Gasteiger partial charge in [-0.2, -0.15) is 0 Å². The number of benzene rings is 1. The van der Waals surface area contributed by atoms with Crippen LogP contribution in [-0.4, -0.2) is 49.7 Å². The zero-order valence-electron chi connectivity index (χ0n) is 13.0. The van der Waals surface area contributed by atoms with Crippen LogP contribution in [0.5, 0.6) is 0 Å². The van der Waals surface area contributed by atoms with Gasteiger partial charge in [0.15, 0.2) is 0 Å². The topological polar surface area (TPSA) is 53.6 Å². The fourth-order valence-electron chi connectivity index (χ4n) is 3.00. The van der Waals surface area contributed by atoms with Gasteiger partial charge < -0.3 is 15.4 Å². The average Bonchev–Trinajstić information content (AvgIpc) is 3.09. The summed E-state index contributed by atoms with van der Waals surface area (Å²) in [6, 6.07) is 8.53. The lowest BCUT2D eigenvalue weighted by Gasteiger charge is -2.26. The van der Waals surface area contributed by atoms with Gasteiger partial charge in [-0.05, 0) is 30.5 Å². The summed E-state index contributed by atoms with van der Waals surface area (Å²) in [7, 11) is 0. The van der Waals surface area contributed by atoms with Gasteiger partial charge in [-0.15, -0.1) is 0 Å². The minimum Gasteiger partial charge on any atom is -0.379 e. The molecular formula is C17H25N3O2. The highest BCUT2D eigenvalue weighted by Crippen LogP contribution is 2.10. The van der Waals surface area contributed by atoms with Crippen molar-refractivity contribution in [3.8, 4) is 0 Å². The van der Waals surface area contributed by atoms with E-state index in [4.69, 9.17) is 4.74 Å². The molecule has 2 heterocycles. The van der Waals surface area contributed by atoms with Crippen molar-refractivity contribution in [3.05, 3.63) is 35.4 Å². The Morgan fingerprint density at radius 2 is 1.95 bits per heavy atom. The maximum Gasteiger partial charge on any atom is 0.237 e. The van der Waals surface area contributed by atoms with Crippen LogP contribution in [0.1, 0.15) is 24.0 Å². The van der Waals surface area contributed by atoms with E-state index in [0.717, 1.165) is 57.8 Å². The number of morpholine rings is 1. The molecule has 1 atom stereocenters. The molecule has 22 heavy (non-hydrogen) atoms. The number of hydrogen-bond donors (Lipinski definition) is 2. The minimum atomic E-state index is 0.000550. The summed E-state index contributed by atoms with van der Waals surface area (Å²) in [6.07, 6.45) is 2.04. The van der Waals surface area contributed by atoms with Crippen molar-refractivity contribution in [2.24, 2.45) is 0 Å². The van der Waals surface area contributed by atoms with E-state index in [9.17, 15) is 4.79 Å². The van der Waals surface area contributed by atoms with E-state index >= 15 is 0 Å². The van der Waals surface area contributed by atoms with Crippen molar-refractivity contribution in [1.29, 1.82) is 0 Å². The van der Waals surface area contributed by atoms with Gasteiger partial charge in [0.1, 0.15) is 0 Å². The summed E-state index contributed by atoms with van der Waals surface area (Å²) >= 11 is 0. The number of carbonyl (C=O) groups excluding carboxylic acids is 1. The Labute approximate surface area is 132 Å². The second-order valence-corrected chi connectivity index (χ2v) is 6.07. The molecule has 120 valence electrons. The van der Waals surface area contributed by atoms with Crippen molar-refractivity contribution in [2.45, 2.75) is 32.0 Å². The molecule has 2 aliphatic rings. The first-order valence-corrected chi connectivity index (χ1v) is 8.20. The molecule has 0 aliphatic carbocycles. The van der Waals surface area contributed by atoms with Gasteiger partial charge in [0, 0.05) is 26.2 Å². The average molecular weight is 303 g/mol. The molecule has 0 saturated carbocycles. The lowest BCUT2D eigenvalue weighted by molar-refractivity contribution is -0.122. The second kappa shape index (κ2) is 7.72. The summed E-state index contributed by atoms with van der Waals surface area (Å²) in [5.41, 5.74) is 2.46. The van der Waals surface area contributed by atoms with Crippen LogP contribution in [0.25, 0.3) is 0 Å². The molecule has 5 heteroatoms. The Hall–Kier alpha value is -1.43. The number of carbonyl (C=O) groups is 1. The van der Waals surface area contributed by atoms with E-state index in [1.54, 1.807) is 0 Å². The first kappa shape index (κ1) is 15.5. The smallest absolute Gasteiger partial charge is 0.237 e. The number of amides is 1. The molecule has 1 amide bonds. The summed E-state index contributed by atoms with van der Waals surface area (Å²) in [5, 5.41) is 6.23. The molecular weight excluding hydrogens is 278 g/mol. The van der Waals surface area contributed by atoms with Crippen LogP contribution in [-0.2, 0) is 22.6 Å². The van der Waals surface area contributed by atoms with Crippen LogP contribution in [0, 0.1) is 0 Å². The van der Waals surface area contributed by atoms with E-state index in [0.29, 0.717) is 6.54 Å². The molecule has 0 radical (unpaired) electrons. The summed E-state index contributed by atoms with van der Waals surface area (Å²) in [5.74, 6) is 0.120. The molecule has 5 nitrogen and oxygen atoms in total. The van der Waals surface area contributed by atoms with Crippen LogP contribution >= 0.6 is 0 Å². The second-order valence-electron chi connectivity index (χ2n) is 6.07. The lowest BCUT2D eigenvalue weighted by Crippen LogP contribution is -2.40. The monoisotopic (exact) mass is 303 g/mol. The zero-order chi connectivity index (χ0) is 15.2. The highest BCUT2D eigenvalue weighted by atomic mass is 16.5. The van der Waals surface area contributed by atoms with E-state index in [-0.39, 0.29) is 11.9 Å². The number of hydrogen-bond acceptors (Lipinski definition) is 4. The molecule has 2 aliphatic heterocycles. The normalized spacial score (nSPS) is 22.6. The molecule has 0 aromatic heterocycles. The lowest BCUT2D eigenvalue weighted by atomic mass is 10.1. The van der Waals surface area contributed by atoms with E-state index < -0.39 is 0 Å². The van der Waals surface area contributed by atoms with Crippen molar-refractivity contribution < 1.29 is 9.53 Å². The SMILES string of the molecule is O=C(NCc1ccc(CN2CCOCC2)cc1)[C@@H]1CCCN1.